The van der Waals surface area contributed by atoms with E-state index in [4.69, 9.17) is 11.6 Å². The third-order valence-corrected chi connectivity index (χ3v) is 3.35. The van der Waals surface area contributed by atoms with Crippen molar-refractivity contribution < 1.29 is 4.39 Å². The summed E-state index contributed by atoms with van der Waals surface area (Å²) in [5.74, 6) is -0.312. The van der Waals surface area contributed by atoms with E-state index in [1.54, 1.807) is 6.07 Å². The molecule has 2 rings (SSSR count). The van der Waals surface area contributed by atoms with E-state index in [0.717, 1.165) is 14.8 Å². The van der Waals surface area contributed by atoms with Crippen LogP contribution in [0.15, 0.2) is 42.5 Å². The van der Waals surface area contributed by atoms with Gasteiger partial charge >= 0.3 is 0 Å². The van der Waals surface area contributed by atoms with Crippen LogP contribution in [0, 0.1) is 9.39 Å². The van der Waals surface area contributed by atoms with Gasteiger partial charge in [0.25, 0.3) is 0 Å². The Bertz CT molecular complexity index is 531. The molecule has 0 fully saturated rings. The van der Waals surface area contributed by atoms with Gasteiger partial charge in [0.15, 0.2) is 0 Å². The van der Waals surface area contributed by atoms with E-state index in [9.17, 15) is 4.39 Å². The molecule has 2 aromatic rings. The number of halogens is 3. The Morgan fingerprint density at radius 1 is 1.18 bits per heavy atom. The first-order valence-electron chi connectivity index (χ1n) is 5.08. The summed E-state index contributed by atoms with van der Waals surface area (Å²) in [5, 5.41) is 3.70. The van der Waals surface area contributed by atoms with Crippen LogP contribution in [0.25, 0.3) is 0 Å². The molecule has 0 saturated carbocycles. The Hall–Kier alpha value is -0.810. The van der Waals surface area contributed by atoms with Crippen LogP contribution in [0.4, 0.5) is 10.1 Å². The molecule has 0 aliphatic heterocycles. The summed E-state index contributed by atoms with van der Waals surface area (Å²) in [5.41, 5.74) is 1.91. The molecule has 0 spiro atoms. The molecule has 0 aromatic heterocycles. The largest absolute Gasteiger partial charge is 0.381 e. The summed E-state index contributed by atoms with van der Waals surface area (Å²) in [7, 11) is 0. The van der Waals surface area contributed by atoms with Gasteiger partial charge in [-0.25, -0.2) is 4.39 Å². The Balaban J connectivity index is 2.07. The maximum atomic E-state index is 12.9. The van der Waals surface area contributed by atoms with Gasteiger partial charge in [-0.2, -0.15) is 0 Å². The first-order valence-corrected chi connectivity index (χ1v) is 6.54. The Labute approximate surface area is 118 Å². The average Bonchev–Trinajstić information content (AvgIpc) is 2.28. The van der Waals surface area contributed by atoms with E-state index in [-0.39, 0.29) is 5.82 Å². The molecular weight excluding hydrogens is 352 g/mol. The van der Waals surface area contributed by atoms with Gasteiger partial charge in [-0.1, -0.05) is 23.7 Å². The van der Waals surface area contributed by atoms with E-state index in [2.05, 4.69) is 27.9 Å². The summed E-state index contributed by atoms with van der Waals surface area (Å²) >= 11 is 8.20. The van der Waals surface area contributed by atoms with Gasteiger partial charge in [0.05, 0.1) is 0 Å². The SMILES string of the molecule is Fc1ccc(CNc2cccc(I)c2)c(Cl)c1. The number of nitrogens with one attached hydrogen (secondary N) is 1. The topological polar surface area (TPSA) is 12.0 Å². The van der Waals surface area contributed by atoms with Crippen molar-refractivity contribution >= 4 is 39.9 Å². The number of hydrogen-bond acceptors (Lipinski definition) is 1. The first kappa shape index (κ1) is 12.6. The van der Waals surface area contributed by atoms with Crippen LogP contribution in [0.2, 0.25) is 5.02 Å². The fourth-order valence-corrected chi connectivity index (χ4v) is 2.24. The van der Waals surface area contributed by atoms with E-state index in [1.165, 1.54) is 12.1 Å². The second kappa shape index (κ2) is 5.69. The molecule has 0 bridgehead atoms. The van der Waals surface area contributed by atoms with Crippen LogP contribution in [-0.4, -0.2) is 0 Å². The lowest BCUT2D eigenvalue weighted by Gasteiger charge is -2.08. The zero-order chi connectivity index (χ0) is 12.3. The molecule has 0 unspecified atom stereocenters. The molecular formula is C13H10ClFIN. The van der Waals surface area contributed by atoms with Gasteiger partial charge in [-0.3, -0.25) is 0 Å². The van der Waals surface area contributed by atoms with Gasteiger partial charge in [-0.05, 0) is 58.5 Å². The molecule has 2 aromatic carbocycles. The Morgan fingerprint density at radius 3 is 2.71 bits per heavy atom. The molecule has 1 nitrogen and oxygen atoms in total. The summed E-state index contributed by atoms with van der Waals surface area (Å²) < 4.78 is 14.0. The highest BCUT2D eigenvalue weighted by molar-refractivity contribution is 14.1. The highest BCUT2D eigenvalue weighted by atomic mass is 127. The molecule has 88 valence electrons. The number of rotatable bonds is 3. The minimum absolute atomic E-state index is 0.312. The van der Waals surface area contributed by atoms with Crippen molar-refractivity contribution in [2.45, 2.75) is 6.54 Å². The lowest BCUT2D eigenvalue weighted by molar-refractivity contribution is 0.627. The minimum atomic E-state index is -0.312. The molecule has 0 radical (unpaired) electrons. The van der Waals surface area contributed by atoms with Crippen molar-refractivity contribution in [3.05, 3.63) is 62.4 Å². The van der Waals surface area contributed by atoms with Crippen LogP contribution in [0.1, 0.15) is 5.56 Å². The lowest BCUT2D eigenvalue weighted by Crippen LogP contribution is -2.00. The molecule has 0 saturated heterocycles. The second-order valence-electron chi connectivity index (χ2n) is 3.60. The second-order valence-corrected chi connectivity index (χ2v) is 5.25. The zero-order valence-corrected chi connectivity index (χ0v) is 11.8. The van der Waals surface area contributed by atoms with Crippen LogP contribution in [0.3, 0.4) is 0 Å². The van der Waals surface area contributed by atoms with Gasteiger partial charge < -0.3 is 5.32 Å². The normalized spacial score (nSPS) is 10.3. The van der Waals surface area contributed by atoms with E-state index in [1.807, 2.05) is 24.3 Å². The van der Waals surface area contributed by atoms with E-state index >= 15 is 0 Å². The summed E-state index contributed by atoms with van der Waals surface area (Å²) in [6.07, 6.45) is 0. The molecule has 1 N–H and O–H groups in total. The predicted octanol–water partition coefficient (Wildman–Crippen LogP) is 4.70. The van der Waals surface area contributed by atoms with Crippen LogP contribution in [0.5, 0.6) is 0 Å². The molecule has 0 amide bonds. The zero-order valence-electron chi connectivity index (χ0n) is 8.88. The molecule has 0 aliphatic carbocycles. The van der Waals surface area contributed by atoms with Crippen LogP contribution >= 0.6 is 34.2 Å². The van der Waals surface area contributed by atoms with Crippen molar-refractivity contribution in [3.63, 3.8) is 0 Å². The quantitative estimate of drug-likeness (QED) is 0.782. The maximum absolute atomic E-state index is 12.9. The standard InChI is InChI=1S/C13H10ClFIN/c14-13-6-10(15)5-4-9(13)8-17-12-3-1-2-11(16)7-12/h1-7,17H,8H2. The number of hydrogen-bond donors (Lipinski definition) is 1. The van der Waals surface area contributed by atoms with Crippen LogP contribution < -0.4 is 5.32 Å². The third-order valence-electron chi connectivity index (χ3n) is 2.32. The fourth-order valence-electron chi connectivity index (χ4n) is 1.46. The van der Waals surface area contributed by atoms with Crippen molar-refractivity contribution in [2.24, 2.45) is 0 Å². The van der Waals surface area contributed by atoms with E-state index < -0.39 is 0 Å². The van der Waals surface area contributed by atoms with Gasteiger partial charge in [0.2, 0.25) is 0 Å². The smallest absolute Gasteiger partial charge is 0.124 e. The highest BCUT2D eigenvalue weighted by Crippen LogP contribution is 2.19. The van der Waals surface area contributed by atoms with Crippen molar-refractivity contribution in [2.75, 3.05) is 5.32 Å². The predicted molar refractivity (Wildman–Crippen MR) is 77.9 cm³/mol. The summed E-state index contributed by atoms with van der Waals surface area (Å²) in [6.45, 7) is 0.583. The molecule has 4 heteroatoms. The minimum Gasteiger partial charge on any atom is -0.381 e. The molecule has 0 aliphatic rings. The number of benzene rings is 2. The highest BCUT2D eigenvalue weighted by Gasteiger charge is 2.01. The van der Waals surface area contributed by atoms with Gasteiger partial charge in [0, 0.05) is 20.8 Å². The molecule has 17 heavy (non-hydrogen) atoms. The van der Waals surface area contributed by atoms with Crippen molar-refractivity contribution in [1.29, 1.82) is 0 Å². The lowest BCUT2D eigenvalue weighted by atomic mass is 10.2. The summed E-state index contributed by atoms with van der Waals surface area (Å²) in [4.78, 5) is 0. The van der Waals surface area contributed by atoms with E-state index in [0.29, 0.717) is 11.6 Å². The fraction of sp³-hybridized carbons (Fsp3) is 0.0769. The van der Waals surface area contributed by atoms with Gasteiger partial charge in [-0.15, -0.1) is 0 Å². The summed E-state index contributed by atoms with van der Waals surface area (Å²) in [6, 6.07) is 12.5. The number of anilines is 1. The maximum Gasteiger partial charge on any atom is 0.124 e. The van der Waals surface area contributed by atoms with Crippen molar-refractivity contribution in [1.82, 2.24) is 0 Å². The van der Waals surface area contributed by atoms with Crippen LogP contribution in [-0.2, 0) is 6.54 Å². The third kappa shape index (κ3) is 3.57. The van der Waals surface area contributed by atoms with Crippen molar-refractivity contribution in [3.8, 4) is 0 Å². The Kier molecular flexibility index (Phi) is 4.23. The average molecular weight is 362 g/mol. The Morgan fingerprint density at radius 2 is 2.00 bits per heavy atom. The van der Waals surface area contributed by atoms with Gasteiger partial charge in [0.1, 0.15) is 5.82 Å². The monoisotopic (exact) mass is 361 g/mol. The first-order chi connectivity index (χ1) is 8.15. The molecule has 0 heterocycles. The molecule has 0 atom stereocenters.